The first-order chi connectivity index (χ1) is 13.1. The van der Waals surface area contributed by atoms with Gasteiger partial charge in [0.1, 0.15) is 6.23 Å². The lowest BCUT2D eigenvalue weighted by atomic mass is 9.82. The van der Waals surface area contributed by atoms with Gasteiger partial charge in [-0.05, 0) is 32.6 Å². The molecule has 9 heteroatoms. The van der Waals surface area contributed by atoms with Crippen LogP contribution in [0, 0.1) is 5.92 Å². The number of nitrogens with zero attached hydrogens (tertiary/aromatic N) is 3. The summed E-state index contributed by atoms with van der Waals surface area (Å²) in [5.74, 6) is -0.907. The van der Waals surface area contributed by atoms with Crippen LogP contribution in [0.4, 0.5) is 13.2 Å². The highest BCUT2D eigenvalue weighted by atomic mass is 19.4. The highest BCUT2D eigenvalue weighted by Crippen LogP contribution is 2.45. The summed E-state index contributed by atoms with van der Waals surface area (Å²) in [6.45, 7) is 3.81. The van der Waals surface area contributed by atoms with Gasteiger partial charge in [-0.2, -0.15) is 18.3 Å². The van der Waals surface area contributed by atoms with Crippen molar-refractivity contribution >= 4 is 0 Å². The van der Waals surface area contributed by atoms with Gasteiger partial charge in [0.15, 0.2) is 5.60 Å². The van der Waals surface area contributed by atoms with Crippen molar-refractivity contribution in [1.29, 1.82) is 0 Å². The standard InChI is InChI=1S/C19H28F3N3O3/c1-11-8-24(17-15(10-28-17)18(2,27)19(20,21)22)9-12-7-23-25(16(11)12)13-3-5-14(26)6-4-13/h7,11,13-15,17,26-27H,3-6,8-10H2,1-2H3/t11-,13?,14?,15?,17?,18-/m1/s1. The maximum Gasteiger partial charge on any atom is 0.417 e. The summed E-state index contributed by atoms with van der Waals surface area (Å²) < 4.78 is 47.3. The molecule has 2 aliphatic heterocycles. The van der Waals surface area contributed by atoms with E-state index in [2.05, 4.69) is 16.7 Å². The van der Waals surface area contributed by atoms with Crippen LogP contribution in [-0.2, 0) is 11.3 Å². The maximum atomic E-state index is 13.2. The molecular weight excluding hydrogens is 375 g/mol. The van der Waals surface area contributed by atoms with Gasteiger partial charge in [-0.3, -0.25) is 9.58 Å². The highest BCUT2D eigenvalue weighted by molar-refractivity contribution is 5.26. The Balaban J connectivity index is 1.50. The fourth-order valence-electron chi connectivity index (χ4n) is 4.87. The Hall–Kier alpha value is -1.16. The summed E-state index contributed by atoms with van der Waals surface area (Å²) in [5.41, 5.74) is -0.631. The average Bonchev–Trinajstić information content (AvgIpc) is 2.97. The second kappa shape index (κ2) is 6.97. The van der Waals surface area contributed by atoms with Crippen LogP contribution in [0.5, 0.6) is 0 Å². The Labute approximate surface area is 162 Å². The van der Waals surface area contributed by atoms with E-state index in [1.165, 1.54) is 0 Å². The fourth-order valence-corrected chi connectivity index (χ4v) is 4.87. The molecule has 0 radical (unpaired) electrons. The van der Waals surface area contributed by atoms with Crippen molar-refractivity contribution < 1.29 is 28.1 Å². The lowest BCUT2D eigenvalue weighted by Crippen LogP contribution is -2.65. The number of alkyl halides is 3. The molecule has 158 valence electrons. The summed E-state index contributed by atoms with van der Waals surface area (Å²) in [6, 6.07) is 0.264. The van der Waals surface area contributed by atoms with E-state index in [-0.39, 0.29) is 24.7 Å². The Morgan fingerprint density at radius 1 is 1.21 bits per heavy atom. The molecule has 0 aromatic carbocycles. The third kappa shape index (κ3) is 3.26. The Kier molecular flexibility index (Phi) is 5.01. The Morgan fingerprint density at radius 3 is 2.46 bits per heavy atom. The van der Waals surface area contributed by atoms with Crippen LogP contribution in [0.25, 0.3) is 0 Å². The van der Waals surface area contributed by atoms with E-state index in [1.807, 2.05) is 4.90 Å². The van der Waals surface area contributed by atoms with Gasteiger partial charge < -0.3 is 14.9 Å². The van der Waals surface area contributed by atoms with Crippen LogP contribution in [0.15, 0.2) is 6.20 Å². The second-order valence-corrected chi connectivity index (χ2v) is 8.77. The Bertz CT molecular complexity index is 713. The van der Waals surface area contributed by atoms with E-state index in [9.17, 15) is 23.4 Å². The van der Waals surface area contributed by atoms with Gasteiger partial charge in [-0.25, -0.2) is 0 Å². The minimum Gasteiger partial charge on any atom is -0.393 e. The van der Waals surface area contributed by atoms with Crippen LogP contribution in [0.1, 0.15) is 62.7 Å². The van der Waals surface area contributed by atoms with Crippen LogP contribution in [0.2, 0.25) is 0 Å². The molecule has 2 unspecified atom stereocenters. The number of fused-ring (bicyclic) bond motifs is 1. The molecule has 4 rings (SSSR count). The molecule has 3 aliphatic rings. The first-order valence-electron chi connectivity index (χ1n) is 9.98. The number of aliphatic hydroxyl groups is 2. The molecule has 0 amide bonds. The molecule has 2 N–H and O–H groups in total. The monoisotopic (exact) mass is 403 g/mol. The van der Waals surface area contributed by atoms with Crippen LogP contribution in [-0.4, -0.2) is 62.2 Å². The molecule has 1 saturated carbocycles. The predicted octanol–water partition coefficient (Wildman–Crippen LogP) is 2.56. The van der Waals surface area contributed by atoms with Crippen molar-refractivity contribution in [3.05, 3.63) is 17.5 Å². The zero-order valence-corrected chi connectivity index (χ0v) is 16.2. The van der Waals surface area contributed by atoms with E-state index < -0.39 is 23.9 Å². The van der Waals surface area contributed by atoms with Gasteiger partial charge in [0.25, 0.3) is 0 Å². The predicted molar refractivity (Wildman–Crippen MR) is 94.5 cm³/mol. The number of halogens is 3. The van der Waals surface area contributed by atoms with Gasteiger partial charge in [0, 0.05) is 30.3 Å². The lowest BCUT2D eigenvalue weighted by molar-refractivity contribution is -0.335. The maximum absolute atomic E-state index is 13.2. The van der Waals surface area contributed by atoms with Crippen LogP contribution in [0.3, 0.4) is 0 Å². The van der Waals surface area contributed by atoms with Crippen molar-refractivity contribution in [1.82, 2.24) is 14.7 Å². The second-order valence-electron chi connectivity index (χ2n) is 8.77. The third-order valence-electron chi connectivity index (χ3n) is 6.72. The molecule has 4 atom stereocenters. The van der Waals surface area contributed by atoms with Gasteiger partial charge in [0.05, 0.1) is 30.9 Å². The summed E-state index contributed by atoms with van der Waals surface area (Å²) in [6.07, 6.45) is -0.568. The van der Waals surface area contributed by atoms with E-state index in [0.29, 0.717) is 13.1 Å². The van der Waals surface area contributed by atoms with Crippen molar-refractivity contribution in [2.45, 2.75) is 82.1 Å². The lowest BCUT2D eigenvalue weighted by Gasteiger charge is -2.51. The Morgan fingerprint density at radius 2 is 1.89 bits per heavy atom. The summed E-state index contributed by atoms with van der Waals surface area (Å²) >= 11 is 0. The van der Waals surface area contributed by atoms with E-state index >= 15 is 0 Å². The van der Waals surface area contributed by atoms with Gasteiger partial charge in [-0.15, -0.1) is 0 Å². The molecule has 1 aliphatic carbocycles. The zero-order chi connectivity index (χ0) is 20.3. The number of aromatic nitrogens is 2. The molecule has 2 fully saturated rings. The molecule has 1 saturated heterocycles. The smallest absolute Gasteiger partial charge is 0.393 e. The number of ether oxygens (including phenoxy) is 1. The van der Waals surface area contributed by atoms with E-state index in [1.54, 1.807) is 6.20 Å². The van der Waals surface area contributed by atoms with Crippen LogP contribution >= 0.6 is 0 Å². The number of aliphatic hydroxyl groups excluding tert-OH is 1. The first-order valence-corrected chi connectivity index (χ1v) is 9.98. The van der Waals surface area contributed by atoms with Gasteiger partial charge in [-0.1, -0.05) is 6.92 Å². The first kappa shape index (κ1) is 20.1. The molecule has 28 heavy (non-hydrogen) atoms. The van der Waals surface area contributed by atoms with E-state index in [0.717, 1.165) is 43.9 Å². The molecular formula is C19H28F3N3O3. The SMILES string of the molecule is C[C@@H]1CN(C2OCC2[C@@](C)(O)C(F)(F)F)Cc2cnn(C3CCC(O)CC3)c21. The quantitative estimate of drug-likeness (QED) is 0.812. The van der Waals surface area contributed by atoms with Crippen molar-refractivity contribution in [2.24, 2.45) is 5.92 Å². The molecule has 3 heterocycles. The normalized spacial score (nSPS) is 36.5. The molecule has 1 aromatic rings. The average molecular weight is 403 g/mol. The largest absolute Gasteiger partial charge is 0.417 e. The van der Waals surface area contributed by atoms with Gasteiger partial charge in [0.2, 0.25) is 0 Å². The minimum atomic E-state index is -4.69. The van der Waals surface area contributed by atoms with Crippen LogP contribution < -0.4 is 0 Å². The fraction of sp³-hybridized carbons (Fsp3) is 0.842. The van der Waals surface area contributed by atoms with Gasteiger partial charge >= 0.3 is 6.18 Å². The summed E-state index contributed by atoms with van der Waals surface area (Å²) in [5, 5.41) is 24.4. The summed E-state index contributed by atoms with van der Waals surface area (Å²) in [4.78, 5) is 1.89. The number of rotatable bonds is 3. The highest BCUT2D eigenvalue weighted by Gasteiger charge is 2.61. The summed E-state index contributed by atoms with van der Waals surface area (Å²) in [7, 11) is 0. The van der Waals surface area contributed by atoms with Crippen molar-refractivity contribution in [2.75, 3.05) is 13.2 Å². The zero-order valence-electron chi connectivity index (χ0n) is 16.2. The molecule has 6 nitrogen and oxygen atoms in total. The van der Waals surface area contributed by atoms with Crippen molar-refractivity contribution in [3.63, 3.8) is 0 Å². The molecule has 0 bridgehead atoms. The minimum absolute atomic E-state index is 0.0961. The number of hydrogen-bond acceptors (Lipinski definition) is 5. The topological polar surface area (TPSA) is 70.8 Å². The molecule has 0 spiro atoms. The van der Waals surface area contributed by atoms with Crippen molar-refractivity contribution in [3.8, 4) is 0 Å². The molecule has 1 aromatic heterocycles. The van der Waals surface area contributed by atoms with E-state index in [4.69, 9.17) is 4.74 Å². The third-order valence-corrected chi connectivity index (χ3v) is 6.72. The number of hydrogen-bond donors (Lipinski definition) is 2.